The minimum absolute atomic E-state index is 0.122. The number of carbonyl (C=O) groups excluding carboxylic acids is 1. The molecule has 0 bridgehead atoms. The summed E-state index contributed by atoms with van der Waals surface area (Å²) >= 11 is 0. The summed E-state index contributed by atoms with van der Waals surface area (Å²) in [5.41, 5.74) is 0. The van der Waals surface area contributed by atoms with Gasteiger partial charge in [-0.25, -0.2) is 0 Å². The zero-order valence-electron chi connectivity index (χ0n) is 19.4. The second kappa shape index (κ2) is 12.3. The number of unbranched alkanes of at least 4 members (excludes halogenated alkanes) is 2. The van der Waals surface area contributed by atoms with E-state index >= 15 is 0 Å². The van der Waals surface area contributed by atoms with E-state index in [1.165, 1.54) is 90.1 Å². The molecule has 1 aliphatic heterocycles. The predicted molar refractivity (Wildman–Crippen MR) is 121 cm³/mol. The first-order valence-electron chi connectivity index (χ1n) is 13.1. The van der Waals surface area contributed by atoms with Crippen molar-refractivity contribution < 1.29 is 9.53 Å². The number of carbonyl (C=O) groups is 1. The van der Waals surface area contributed by atoms with Gasteiger partial charge in [0.2, 0.25) is 0 Å². The normalized spacial score (nSPS) is 32.2. The molecule has 2 saturated carbocycles. The molecule has 0 aromatic heterocycles. The summed E-state index contributed by atoms with van der Waals surface area (Å²) in [7, 11) is 0. The molecule has 2 aliphatic carbocycles. The van der Waals surface area contributed by atoms with E-state index in [0.29, 0.717) is 0 Å². The highest BCUT2D eigenvalue weighted by molar-refractivity contribution is 5.72. The molecule has 3 rings (SSSR count). The lowest BCUT2D eigenvalue weighted by atomic mass is 9.83. The van der Waals surface area contributed by atoms with Crippen LogP contribution >= 0.6 is 0 Å². The summed E-state index contributed by atoms with van der Waals surface area (Å²) in [5.74, 6) is 2.14. The molecule has 0 aromatic rings. The van der Waals surface area contributed by atoms with Gasteiger partial charge in [-0.1, -0.05) is 52.4 Å². The van der Waals surface area contributed by atoms with Gasteiger partial charge in [-0.2, -0.15) is 0 Å². The summed E-state index contributed by atoms with van der Waals surface area (Å²) < 4.78 is 5.95. The van der Waals surface area contributed by atoms with Crippen molar-refractivity contribution in [2.45, 2.75) is 129 Å². The average molecular weight is 406 g/mol. The van der Waals surface area contributed by atoms with Crippen LogP contribution in [0.25, 0.3) is 0 Å². The fourth-order valence-corrected chi connectivity index (χ4v) is 6.17. The van der Waals surface area contributed by atoms with E-state index in [4.69, 9.17) is 4.74 Å². The maximum atomic E-state index is 12.7. The zero-order valence-corrected chi connectivity index (χ0v) is 19.4. The highest BCUT2D eigenvalue weighted by Gasteiger charge is 2.33. The van der Waals surface area contributed by atoms with E-state index in [9.17, 15) is 4.79 Å². The van der Waals surface area contributed by atoms with Crippen LogP contribution in [0.2, 0.25) is 0 Å². The lowest BCUT2D eigenvalue weighted by Gasteiger charge is -2.40. The van der Waals surface area contributed by atoms with E-state index < -0.39 is 0 Å². The molecule has 29 heavy (non-hydrogen) atoms. The van der Waals surface area contributed by atoms with Gasteiger partial charge in [0.25, 0.3) is 0 Å². The first-order valence-corrected chi connectivity index (χ1v) is 13.1. The van der Waals surface area contributed by atoms with E-state index in [-0.39, 0.29) is 18.0 Å². The fraction of sp³-hybridized carbons (Fsp3) is 0.962. The summed E-state index contributed by atoms with van der Waals surface area (Å²) in [6.45, 7) is 7.15. The van der Waals surface area contributed by atoms with Crippen molar-refractivity contribution >= 4 is 5.97 Å². The van der Waals surface area contributed by atoms with Gasteiger partial charge in [0.1, 0.15) is 6.10 Å². The maximum Gasteiger partial charge on any atom is 0.309 e. The smallest absolute Gasteiger partial charge is 0.309 e. The molecule has 3 fully saturated rings. The van der Waals surface area contributed by atoms with Gasteiger partial charge in [-0.15, -0.1) is 0 Å². The van der Waals surface area contributed by atoms with E-state index in [2.05, 4.69) is 18.7 Å². The number of hydrogen-bond acceptors (Lipinski definition) is 3. The molecule has 3 nitrogen and oxygen atoms in total. The Bertz CT molecular complexity index is 455. The highest BCUT2D eigenvalue weighted by atomic mass is 16.5. The van der Waals surface area contributed by atoms with Crippen LogP contribution in [0.4, 0.5) is 0 Å². The van der Waals surface area contributed by atoms with Crippen molar-refractivity contribution in [3.63, 3.8) is 0 Å². The molecule has 0 unspecified atom stereocenters. The summed E-state index contributed by atoms with van der Waals surface area (Å²) in [6, 6.07) is 0.722. The van der Waals surface area contributed by atoms with Crippen LogP contribution in [0.15, 0.2) is 0 Å². The monoisotopic (exact) mass is 405 g/mol. The Morgan fingerprint density at radius 1 is 0.759 bits per heavy atom. The SMILES string of the molecule is CCCCCC1CCN([C@H]2CC[C@H](C(=O)OC3CCC(CCC)CC3)CC2)CC1. The molecule has 0 amide bonds. The minimum Gasteiger partial charge on any atom is -0.462 e. The Labute approximate surface area is 180 Å². The van der Waals surface area contributed by atoms with E-state index in [1.807, 2.05) is 0 Å². The van der Waals surface area contributed by atoms with E-state index in [1.54, 1.807) is 0 Å². The van der Waals surface area contributed by atoms with E-state index in [0.717, 1.165) is 43.6 Å². The lowest BCUT2D eigenvalue weighted by molar-refractivity contribution is -0.157. The number of esters is 1. The van der Waals surface area contributed by atoms with Crippen molar-refractivity contribution in [2.24, 2.45) is 17.8 Å². The van der Waals surface area contributed by atoms with Crippen LogP contribution in [0.1, 0.15) is 117 Å². The van der Waals surface area contributed by atoms with Crippen LogP contribution in [-0.2, 0) is 9.53 Å². The molecule has 0 atom stereocenters. The van der Waals surface area contributed by atoms with Gasteiger partial charge in [0.05, 0.1) is 5.92 Å². The van der Waals surface area contributed by atoms with Crippen molar-refractivity contribution in [1.29, 1.82) is 0 Å². The van der Waals surface area contributed by atoms with Crippen molar-refractivity contribution in [1.82, 2.24) is 4.90 Å². The maximum absolute atomic E-state index is 12.7. The third-order valence-electron chi connectivity index (χ3n) is 8.19. The number of ether oxygens (including phenoxy) is 1. The Morgan fingerprint density at radius 2 is 1.41 bits per heavy atom. The van der Waals surface area contributed by atoms with Gasteiger partial charge < -0.3 is 9.64 Å². The Balaban J connectivity index is 1.31. The summed E-state index contributed by atoms with van der Waals surface area (Å²) in [4.78, 5) is 15.4. The van der Waals surface area contributed by atoms with Crippen molar-refractivity contribution in [3.05, 3.63) is 0 Å². The zero-order chi connectivity index (χ0) is 20.5. The minimum atomic E-state index is 0.122. The molecule has 3 heteroatoms. The largest absolute Gasteiger partial charge is 0.462 e. The van der Waals surface area contributed by atoms with Crippen LogP contribution in [-0.4, -0.2) is 36.1 Å². The second-order valence-corrected chi connectivity index (χ2v) is 10.3. The van der Waals surface area contributed by atoms with Gasteiger partial charge in [0, 0.05) is 6.04 Å². The highest BCUT2D eigenvalue weighted by Crippen LogP contribution is 2.34. The standard InChI is InChI=1S/C26H47NO2/c1-3-5-6-8-22-17-19-27(20-18-22)24-13-11-23(12-14-24)26(28)29-25-15-9-21(7-4-2)10-16-25/h21-25H,3-20H2,1-2H3/t21?,23-,24-,25?. The molecular weight excluding hydrogens is 358 g/mol. The molecule has 3 aliphatic rings. The van der Waals surface area contributed by atoms with Gasteiger partial charge in [0.15, 0.2) is 0 Å². The first-order chi connectivity index (χ1) is 14.2. The second-order valence-electron chi connectivity index (χ2n) is 10.3. The topological polar surface area (TPSA) is 29.5 Å². The Kier molecular flexibility index (Phi) is 9.82. The van der Waals surface area contributed by atoms with Crippen molar-refractivity contribution in [3.8, 4) is 0 Å². The average Bonchev–Trinajstić information content (AvgIpc) is 2.76. The van der Waals surface area contributed by atoms with Gasteiger partial charge in [-0.3, -0.25) is 4.79 Å². The number of piperidine rings is 1. The summed E-state index contributed by atoms with van der Waals surface area (Å²) in [6.07, 6.45) is 20.4. The van der Waals surface area contributed by atoms with Gasteiger partial charge in [-0.05, 0) is 89.1 Å². The van der Waals surface area contributed by atoms with Gasteiger partial charge >= 0.3 is 5.97 Å². The Hall–Kier alpha value is -0.570. The third-order valence-corrected chi connectivity index (χ3v) is 8.19. The van der Waals surface area contributed by atoms with Crippen LogP contribution in [0.5, 0.6) is 0 Å². The number of likely N-dealkylation sites (tertiary alicyclic amines) is 1. The lowest BCUT2D eigenvalue weighted by Crippen LogP contribution is -2.44. The van der Waals surface area contributed by atoms with Crippen LogP contribution in [0, 0.1) is 17.8 Å². The molecule has 1 heterocycles. The molecule has 0 N–H and O–H groups in total. The molecule has 168 valence electrons. The first kappa shape index (κ1) is 23.1. The molecule has 1 saturated heterocycles. The quantitative estimate of drug-likeness (QED) is 0.314. The van der Waals surface area contributed by atoms with Crippen LogP contribution < -0.4 is 0 Å². The molecular formula is C26H47NO2. The fourth-order valence-electron chi connectivity index (χ4n) is 6.17. The van der Waals surface area contributed by atoms with Crippen molar-refractivity contribution in [2.75, 3.05) is 13.1 Å². The third kappa shape index (κ3) is 7.26. The predicted octanol–water partition coefficient (Wildman–Crippen LogP) is 6.74. The molecule has 0 aromatic carbocycles. The number of nitrogens with zero attached hydrogens (tertiary/aromatic N) is 1. The van der Waals surface area contributed by atoms with Crippen LogP contribution in [0.3, 0.4) is 0 Å². The molecule has 0 radical (unpaired) electrons. The summed E-state index contributed by atoms with van der Waals surface area (Å²) in [5, 5.41) is 0. The Morgan fingerprint density at radius 3 is 2.03 bits per heavy atom. The number of hydrogen-bond donors (Lipinski definition) is 0. The number of rotatable bonds is 9. The molecule has 0 spiro atoms.